The molecule has 1 fully saturated rings. The number of aromatic nitrogens is 4. The number of likely N-dealkylation sites (N-methyl/N-ethyl adjacent to an activating group) is 1. The van der Waals surface area contributed by atoms with E-state index in [-0.39, 0.29) is 23.6 Å². The van der Waals surface area contributed by atoms with Gasteiger partial charge in [0.05, 0.1) is 22.3 Å². The maximum Gasteiger partial charge on any atom is 0.416 e. The van der Waals surface area contributed by atoms with E-state index in [1.54, 1.807) is 30.2 Å². The van der Waals surface area contributed by atoms with Gasteiger partial charge in [0.25, 0.3) is 0 Å². The van der Waals surface area contributed by atoms with Gasteiger partial charge in [0, 0.05) is 69.5 Å². The van der Waals surface area contributed by atoms with Crippen LogP contribution in [0.4, 0.5) is 29.5 Å². The zero-order valence-electron chi connectivity index (χ0n) is 24.3. The molecule has 2 aromatic heterocycles. The normalized spacial score (nSPS) is 14.6. The van der Waals surface area contributed by atoms with Crippen molar-refractivity contribution in [1.29, 1.82) is 0 Å². The van der Waals surface area contributed by atoms with Crippen LogP contribution in [0, 0.1) is 0 Å². The van der Waals surface area contributed by atoms with Crippen molar-refractivity contribution in [3.05, 3.63) is 90.3 Å². The van der Waals surface area contributed by atoms with E-state index in [1.165, 1.54) is 12.1 Å². The molecule has 2 N–H and O–H groups in total. The first-order chi connectivity index (χ1) is 21.1. The number of anilines is 2. The van der Waals surface area contributed by atoms with Gasteiger partial charge in [0.2, 0.25) is 0 Å². The van der Waals surface area contributed by atoms with Crippen molar-refractivity contribution in [2.24, 2.45) is 7.05 Å². The molecule has 0 atom stereocenters. The predicted molar refractivity (Wildman–Crippen MR) is 164 cm³/mol. The van der Waals surface area contributed by atoms with Crippen molar-refractivity contribution in [3.8, 4) is 22.4 Å². The Bertz CT molecular complexity index is 1790. The van der Waals surface area contributed by atoms with Crippen molar-refractivity contribution in [2.45, 2.75) is 12.7 Å². The number of fused-ring (bicyclic) bond motifs is 1. The molecule has 3 heterocycles. The van der Waals surface area contributed by atoms with Gasteiger partial charge in [-0.15, -0.1) is 0 Å². The monoisotopic (exact) mass is 600 g/mol. The number of amides is 2. The molecule has 5 aromatic rings. The van der Waals surface area contributed by atoms with E-state index in [9.17, 15) is 18.0 Å². The third-order valence-corrected chi connectivity index (χ3v) is 7.77. The molecule has 2 amide bonds. The molecule has 0 bridgehead atoms. The highest BCUT2D eigenvalue weighted by Gasteiger charge is 2.34. The summed E-state index contributed by atoms with van der Waals surface area (Å²) in [6.07, 6.45) is -1.22. The molecule has 1 saturated heterocycles. The number of hydrogen-bond donors (Lipinski definition) is 2. The molecule has 0 aliphatic carbocycles. The Morgan fingerprint density at radius 1 is 0.864 bits per heavy atom. The first kappa shape index (κ1) is 29.3. The van der Waals surface area contributed by atoms with Gasteiger partial charge < -0.3 is 10.2 Å². The topological polar surface area (TPSA) is 91.2 Å². The van der Waals surface area contributed by atoms with E-state index in [0.29, 0.717) is 13.1 Å². The lowest BCUT2D eigenvalue weighted by Crippen LogP contribution is -2.44. The number of aryl methyl sites for hydroxylation is 1. The molecule has 3 aromatic carbocycles. The second-order valence-corrected chi connectivity index (χ2v) is 10.9. The second-order valence-electron chi connectivity index (χ2n) is 10.9. The lowest BCUT2D eigenvalue weighted by atomic mass is 10.0. The molecule has 0 saturated carbocycles. The zero-order valence-corrected chi connectivity index (χ0v) is 24.3. The van der Waals surface area contributed by atoms with Crippen LogP contribution in [0.3, 0.4) is 0 Å². The molecular weight excluding hydrogens is 569 g/mol. The van der Waals surface area contributed by atoms with Crippen LogP contribution >= 0.6 is 0 Å². The summed E-state index contributed by atoms with van der Waals surface area (Å²) < 4.78 is 43.5. The van der Waals surface area contributed by atoms with Crippen molar-refractivity contribution in [1.82, 2.24) is 29.5 Å². The number of carbonyl (C=O) groups is 1. The minimum absolute atomic E-state index is 0.0434. The van der Waals surface area contributed by atoms with Crippen LogP contribution in [0.5, 0.6) is 0 Å². The Kier molecular flexibility index (Phi) is 8.02. The Hall–Kier alpha value is -4.81. The summed E-state index contributed by atoms with van der Waals surface area (Å²) in [4.78, 5) is 25.8. The highest BCUT2D eigenvalue weighted by Crippen LogP contribution is 2.35. The number of halogens is 3. The highest BCUT2D eigenvalue weighted by atomic mass is 19.4. The summed E-state index contributed by atoms with van der Waals surface area (Å²) in [6.45, 7) is 3.21. The smallest absolute Gasteiger partial charge is 0.308 e. The third-order valence-electron chi connectivity index (χ3n) is 7.77. The van der Waals surface area contributed by atoms with Gasteiger partial charge in [0.15, 0.2) is 5.82 Å². The highest BCUT2D eigenvalue weighted by molar-refractivity contribution is 5.99. The lowest BCUT2D eigenvalue weighted by Gasteiger charge is -2.33. The third kappa shape index (κ3) is 6.41. The molecule has 1 aliphatic heterocycles. The first-order valence-electron chi connectivity index (χ1n) is 14.2. The average molecular weight is 601 g/mol. The minimum Gasteiger partial charge on any atom is -0.308 e. The van der Waals surface area contributed by atoms with Crippen molar-refractivity contribution < 1.29 is 18.0 Å². The molecule has 44 heavy (non-hydrogen) atoms. The molecular formula is C32H31F3N8O. The van der Waals surface area contributed by atoms with Gasteiger partial charge in [-0.3, -0.25) is 24.9 Å². The van der Waals surface area contributed by atoms with Gasteiger partial charge >= 0.3 is 12.2 Å². The molecule has 0 unspecified atom stereocenters. The molecule has 1 aliphatic rings. The SMILES string of the molecule is CN1CCN(Cc2ccc(NC(=O)Nc3cc(-c4ccc(-c5cccc6nccnc56)cc4)n(C)n3)cc2C(F)(F)F)CC1. The van der Waals surface area contributed by atoms with Crippen molar-refractivity contribution >= 4 is 28.6 Å². The molecule has 9 nitrogen and oxygen atoms in total. The molecule has 12 heteroatoms. The number of nitrogens with one attached hydrogen (secondary N) is 2. The number of urea groups is 1. The first-order valence-corrected chi connectivity index (χ1v) is 14.2. The maximum atomic E-state index is 14.0. The van der Waals surface area contributed by atoms with Crippen LogP contribution in [-0.2, 0) is 19.8 Å². The van der Waals surface area contributed by atoms with E-state index in [1.807, 2.05) is 54.4 Å². The Morgan fingerprint density at radius 2 is 1.59 bits per heavy atom. The van der Waals surface area contributed by atoms with Crippen LogP contribution in [-0.4, -0.2) is 68.8 Å². The van der Waals surface area contributed by atoms with Crippen LogP contribution in [0.2, 0.25) is 0 Å². The minimum atomic E-state index is -4.55. The Morgan fingerprint density at radius 3 is 2.34 bits per heavy atom. The van der Waals surface area contributed by atoms with Crippen LogP contribution < -0.4 is 10.6 Å². The fourth-order valence-electron chi connectivity index (χ4n) is 5.43. The van der Waals surface area contributed by atoms with E-state index in [2.05, 4.69) is 30.6 Å². The number of carbonyl (C=O) groups excluding carboxylic acids is 1. The van der Waals surface area contributed by atoms with Gasteiger partial charge in [-0.1, -0.05) is 42.5 Å². The molecule has 0 radical (unpaired) electrons. The Labute approximate surface area is 252 Å². The summed E-state index contributed by atoms with van der Waals surface area (Å²) in [5.41, 5.74) is 4.65. The van der Waals surface area contributed by atoms with Crippen LogP contribution in [0.25, 0.3) is 33.4 Å². The Balaban J connectivity index is 1.14. The number of alkyl halides is 3. The maximum absolute atomic E-state index is 14.0. The number of hydrogen-bond acceptors (Lipinski definition) is 6. The summed E-state index contributed by atoms with van der Waals surface area (Å²) in [5, 5.41) is 9.52. The lowest BCUT2D eigenvalue weighted by molar-refractivity contribution is -0.138. The van der Waals surface area contributed by atoms with Gasteiger partial charge in [-0.2, -0.15) is 18.3 Å². The number of piperazine rings is 1. The number of rotatable bonds is 6. The van der Waals surface area contributed by atoms with E-state index in [0.717, 1.165) is 52.6 Å². The molecule has 226 valence electrons. The van der Waals surface area contributed by atoms with E-state index in [4.69, 9.17) is 0 Å². The zero-order chi connectivity index (χ0) is 30.8. The summed E-state index contributed by atoms with van der Waals surface area (Å²) in [6, 6.07) is 18.7. The average Bonchev–Trinajstić information content (AvgIpc) is 3.37. The van der Waals surface area contributed by atoms with Crippen LogP contribution in [0.1, 0.15) is 11.1 Å². The van der Waals surface area contributed by atoms with Crippen molar-refractivity contribution in [2.75, 3.05) is 43.9 Å². The van der Waals surface area contributed by atoms with E-state index >= 15 is 0 Å². The molecule has 6 rings (SSSR count). The van der Waals surface area contributed by atoms with Crippen molar-refractivity contribution in [3.63, 3.8) is 0 Å². The van der Waals surface area contributed by atoms with E-state index < -0.39 is 17.8 Å². The predicted octanol–water partition coefficient (Wildman–Crippen LogP) is 6.11. The summed E-state index contributed by atoms with van der Waals surface area (Å²) in [7, 11) is 3.75. The summed E-state index contributed by atoms with van der Waals surface area (Å²) in [5.74, 6) is 0.260. The fourth-order valence-corrected chi connectivity index (χ4v) is 5.43. The fraction of sp³-hybridized carbons (Fsp3) is 0.250. The van der Waals surface area contributed by atoms with Crippen LogP contribution in [0.15, 0.2) is 79.1 Å². The quantitative estimate of drug-likeness (QED) is 0.245. The van der Waals surface area contributed by atoms with Gasteiger partial charge in [0.1, 0.15) is 0 Å². The number of para-hydroxylation sites is 1. The second kappa shape index (κ2) is 12.1. The standard InChI is InChI=1S/C32H31F3N8O/c1-41-14-16-43(17-15-41)20-23-10-11-24(18-26(23)32(33,34)35)38-31(44)39-29-19-28(42(2)40-29)22-8-6-21(7-9-22)25-4-3-5-27-30(25)37-13-12-36-27/h3-13,18-19H,14-17,20H2,1-2H3,(H2,38,39,40,44). The van der Waals surface area contributed by atoms with Gasteiger partial charge in [-0.25, -0.2) is 4.79 Å². The van der Waals surface area contributed by atoms with Gasteiger partial charge in [-0.05, 0) is 41.9 Å². The number of benzene rings is 3. The summed E-state index contributed by atoms with van der Waals surface area (Å²) >= 11 is 0. The number of nitrogens with zero attached hydrogens (tertiary/aromatic N) is 6. The largest absolute Gasteiger partial charge is 0.416 e. The molecule has 0 spiro atoms.